The fourth-order valence-electron chi connectivity index (χ4n) is 3.76. The molecule has 4 heteroatoms. The van der Waals surface area contributed by atoms with Gasteiger partial charge in [-0.05, 0) is 31.1 Å². The molecule has 2 saturated carbocycles. The molecule has 1 aromatic rings. The third-order valence-electron chi connectivity index (χ3n) is 4.87. The molecule has 0 amide bonds. The maximum Gasteiger partial charge on any atom is 0.142 e. The Kier molecular flexibility index (Phi) is 3.42. The van der Waals surface area contributed by atoms with E-state index < -0.39 is 0 Å². The second-order valence-corrected chi connectivity index (χ2v) is 6.34. The van der Waals surface area contributed by atoms with Gasteiger partial charge in [0.1, 0.15) is 5.78 Å². The lowest BCUT2D eigenvalue weighted by molar-refractivity contribution is -0.120. The Morgan fingerprint density at radius 2 is 2.00 bits per heavy atom. The fraction of sp³-hybridized carbons (Fsp3) is 0.733. The summed E-state index contributed by atoms with van der Waals surface area (Å²) < 4.78 is 1.78. The smallest absolute Gasteiger partial charge is 0.142 e. The Labute approximate surface area is 119 Å². The number of hydrogen-bond donors (Lipinski definition) is 0. The van der Waals surface area contributed by atoms with E-state index in [2.05, 4.69) is 5.10 Å². The first-order valence-electron chi connectivity index (χ1n) is 7.36. The number of carbonyl (C=O) groups excluding carboxylic acids is 1. The van der Waals surface area contributed by atoms with Crippen LogP contribution in [0.1, 0.15) is 44.0 Å². The molecule has 0 spiro atoms. The van der Waals surface area contributed by atoms with Crippen LogP contribution in [0.15, 0.2) is 0 Å². The SMILES string of the molecule is CCc1nn(C)c(CC(=O)C2C3CCCCC32)c1Cl. The summed E-state index contributed by atoms with van der Waals surface area (Å²) in [5, 5.41) is 5.08. The van der Waals surface area contributed by atoms with Crippen LogP contribution in [0.5, 0.6) is 0 Å². The predicted molar refractivity (Wildman–Crippen MR) is 75.2 cm³/mol. The molecule has 1 aromatic heterocycles. The van der Waals surface area contributed by atoms with E-state index in [1.54, 1.807) is 4.68 Å². The molecule has 0 bridgehead atoms. The van der Waals surface area contributed by atoms with E-state index in [0.29, 0.717) is 35.0 Å². The summed E-state index contributed by atoms with van der Waals surface area (Å²) in [5.74, 6) is 2.06. The van der Waals surface area contributed by atoms with Gasteiger partial charge < -0.3 is 0 Å². The van der Waals surface area contributed by atoms with E-state index in [1.807, 2.05) is 14.0 Å². The molecule has 0 aliphatic heterocycles. The summed E-state index contributed by atoms with van der Waals surface area (Å²) in [6, 6.07) is 0. The number of carbonyl (C=O) groups is 1. The highest BCUT2D eigenvalue weighted by Gasteiger charge is 2.54. The van der Waals surface area contributed by atoms with Crippen molar-refractivity contribution in [1.82, 2.24) is 9.78 Å². The van der Waals surface area contributed by atoms with Gasteiger partial charge in [0.15, 0.2) is 0 Å². The average Bonchev–Trinajstić information content (AvgIpc) is 3.08. The lowest BCUT2D eigenvalue weighted by Gasteiger charge is -2.04. The summed E-state index contributed by atoms with van der Waals surface area (Å²) in [5.41, 5.74) is 1.80. The minimum Gasteiger partial charge on any atom is -0.299 e. The molecule has 19 heavy (non-hydrogen) atoms. The summed E-state index contributed by atoms with van der Waals surface area (Å²) in [6.07, 6.45) is 6.38. The molecular weight excluding hydrogens is 260 g/mol. The maximum atomic E-state index is 12.4. The van der Waals surface area contributed by atoms with Gasteiger partial charge in [0, 0.05) is 13.0 Å². The number of Topliss-reactive ketones (excluding diaryl/α,β-unsaturated/α-hetero) is 1. The number of rotatable bonds is 4. The van der Waals surface area contributed by atoms with Gasteiger partial charge in [-0.25, -0.2) is 0 Å². The molecule has 0 N–H and O–H groups in total. The number of nitrogens with zero attached hydrogens (tertiary/aromatic N) is 2. The molecule has 3 nitrogen and oxygen atoms in total. The minimum atomic E-state index is 0.318. The summed E-state index contributed by atoms with van der Waals surface area (Å²) in [6.45, 7) is 2.04. The largest absolute Gasteiger partial charge is 0.299 e. The highest BCUT2D eigenvalue weighted by molar-refractivity contribution is 6.32. The van der Waals surface area contributed by atoms with Gasteiger partial charge in [-0.3, -0.25) is 9.48 Å². The topological polar surface area (TPSA) is 34.9 Å². The maximum absolute atomic E-state index is 12.4. The van der Waals surface area contributed by atoms with Gasteiger partial charge in [-0.15, -0.1) is 0 Å². The third-order valence-corrected chi connectivity index (χ3v) is 5.31. The van der Waals surface area contributed by atoms with Crippen LogP contribution in [-0.4, -0.2) is 15.6 Å². The molecule has 2 fully saturated rings. The Balaban J connectivity index is 1.72. The van der Waals surface area contributed by atoms with Crippen LogP contribution >= 0.6 is 11.6 Å². The van der Waals surface area contributed by atoms with Crippen molar-refractivity contribution < 1.29 is 4.79 Å². The molecule has 0 saturated heterocycles. The lowest BCUT2D eigenvalue weighted by atomic mass is 10.0. The highest BCUT2D eigenvalue weighted by Crippen LogP contribution is 2.56. The second-order valence-electron chi connectivity index (χ2n) is 5.97. The number of halogens is 1. The van der Waals surface area contributed by atoms with Crippen molar-refractivity contribution in [3.63, 3.8) is 0 Å². The quantitative estimate of drug-likeness (QED) is 0.849. The standard InChI is InChI=1S/C15H21ClN2O/c1-3-11-15(16)12(18(2)17-11)8-13(19)14-9-6-4-5-7-10(9)14/h9-10,14H,3-8H2,1-2H3. The van der Waals surface area contributed by atoms with Crippen molar-refractivity contribution in [1.29, 1.82) is 0 Å². The Morgan fingerprint density at radius 1 is 1.37 bits per heavy atom. The number of aromatic nitrogens is 2. The molecule has 0 radical (unpaired) electrons. The zero-order chi connectivity index (χ0) is 13.6. The Bertz CT molecular complexity index is 496. The first-order valence-corrected chi connectivity index (χ1v) is 7.74. The van der Waals surface area contributed by atoms with Gasteiger partial charge in [-0.2, -0.15) is 5.10 Å². The molecule has 2 aliphatic carbocycles. The molecule has 2 unspecified atom stereocenters. The van der Waals surface area contributed by atoms with E-state index in [1.165, 1.54) is 25.7 Å². The highest BCUT2D eigenvalue weighted by atomic mass is 35.5. The van der Waals surface area contributed by atoms with Crippen molar-refractivity contribution >= 4 is 17.4 Å². The monoisotopic (exact) mass is 280 g/mol. The first-order chi connectivity index (χ1) is 9.13. The average molecular weight is 281 g/mol. The number of ketones is 1. The van der Waals surface area contributed by atoms with Crippen LogP contribution in [0.3, 0.4) is 0 Å². The van der Waals surface area contributed by atoms with Crippen LogP contribution in [0.4, 0.5) is 0 Å². The molecular formula is C15H21ClN2O. The van der Waals surface area contributed by atoms with Crippen LogP contribution < -0.4 is 0 Å². The lowest BCUT2D eigenvalue weighted by Crippen LogP contribution is -2.11. The van der Waals surface area contributed by atoms with Crippen molar-refractivity contribution in [2.45, 2.75) is 45.4 Å². The van der Waals surface area contributed by atoms with Crippen molar-refractivity contribution in [3.05, 3.63) is 16.4 Å². The fourth-order valence-corrected chi connectivity index (χ4v) is 4.13. The molecule has 1 heterocycles. The van der Waals surface area contributed by atoms with Crippen molar-refractivity contribution in [2.24, 2.45) is 24.8 Å². The predicted octanol–water partition coefficient (Wildman–Crippen LogP) is 3.18. The van der Waals surface area contributed by atoms with Gasteiger partial charge in [-0.1, -0.05) is 31.4 Å². The minimum absolute atomic E-state index is 0.318. The van der Waals surface area contributed by atoms with Crippen molar-refractivity contribution in [3.8, 4) is 0 Å². The Hall–Kier alpha value is -0.830. The summed E-state index contributed by atoms with van der Waals surface area (Å²) in [4.78, 5) is 12.4. The van der Waals surface area contributed by atoms with Crippen LogP contribution in [0, 0.1) is 17.8 Å². The van der Waals surface area contributed by atoms with E-state index >= 15 is 0 Å². The number of hydrogen-bond acceptors (Lipinski definition) is 2. The molecule has 2 atom stereocenters. The van der Waals surface area contributed by atoms with Crippen molar-refractivity contribution in [2.75, 3.05) is 0 Å². The number of aryl methyl sites for hydroxylation is 2. The van der Waals surface area contributed by atoms with Crippen LogP contribution in [-0.2, 0) is 24.7 Å². The zero-order valence-electron chi connectivity index (χ0n) is 11.7. The first kappa shape index (κ1) is 13.2. The van der Waals surface area contributed by atoms with Gasteiger partial charge in [0.05, 0.1) is 22.8 Å². The van der Waals surface area contributed by atoms with Gasteiger partial charge in [0.25, 0.3) is 0 Å². The molecule has 0 aromatic carbocycles. The second kappa shape index (κ2) is 4.93. The van der Waals surface area contributed by atoms with Crippen LogP contribution in [0.25, 0.3) is 0 Å². The van der Waals surface area contributed by atoms with E-state index in [9.17, 15) is 4.79 Å². The normalized spacial score (nSPS) is 29.1. The summed E-state index contributed by atoms with van der Waals surface area (Å²) >= 11 is 6.32. The van der Waals surface area contributed by atoms with E-state index in [-0.39, 0.29) is 0 Å². The third kappa shape index (κ3) is 2.22. The van der Waals surface area contributed by atoms with E-state index in [4.69, 9.17) is 11.6 Å². The summed E-state index contributed by atoms with van der Waals surface area (Å²) in [7, 11) is 1.88. The van der Waals surface area contributed by atoms with Crippen LogP contribution in [0.2, 0.25) is 5.02 Å². The Morgan fingerprint density at radius 3 is 2.53 bits per heavy atom. The van der Waals surface area contributed by atoms with E-state index in [0.717, 1.165) is 17.8 Å². The molecule has 2 aliphatic rings. The van der Waals surface area contributed by atoms with Gasteiger partial charge >= 0.3 is 0 Å². The molecule has 104 valence electrons. The number of fused-ring (bicyclic) bond motifs is 1. The van der Waals surface area contributed by atoms with Gasteiger partial charge in [0.2, 0.25) is 0 Å². The zero-order valence-corrected chi connectivity index (χ0v) is 12.4. The molecule has 3 rings (SSSR count).